The Labute approximate surface area is 208 Å². The highest BCUT2D eigenvalue weighted by Crippen LogP contribution is 2.24. The largest absolute Gasteiger partial charge is 0.336 e. The minimum atomic E-state index is -3.71. The van der Waals surface area contributed by atoms with Gasteiger partial charge in [-0.05, 0) is 48.9 Å². The van der Waals surface area contributed by atoms with Gasteiger partial charge in [0.1, 0.15) is 0 Å². The Balaban J connectivity index is 1.35. The average molecular weight is 490 g/mol. The van der Waals surface area contributed by atoms with Gasteiger partial charge in [-0.25, -0.2) is 8.42 Å². The highest BCUT2D eigenvalue weighted by atomic mass is 32.2. The molecule has 1 amide bonds. The van der Waals surface area contributed by atoms with Crippen LogP contribution in [0.3, 0.4) is 0 Å². The number of rotatable bonds is 8. The maximum atomic E-state index is 13.2. The van der Waals surface area contributed by atoms with E-state index in [1.807, 2.05) is 41.3 Å². The van der Waals surface area contributed by atoms with Gasteiger partial charge in [-0.3, -0.25) is 14.0 Å². The number of anilines is 1. The quantitative estimate of drug-likeness (QED) is 0.471. The van der Waals surface area contributed by atoms with Crippen molar-refractivity contribution >= 4 is 27.7 Å². The van der Waals surface area contributed by atoms with Crippen molar-refractivity contribution in [1.29, 1.82) is 0 Å². The molecule has 1 aliphatic rings. The molecule has 35 heavy (non-hydrogen) atoms. The van der Waals surface area contributed by atoms with Crippen molar-refractivity contribution in [2.24, 2.45) is 0 Å². The zero-order valence-corrected chi connectivity index (χ0v) is 20.8. The van der Waals surface area contributed by atoms with E-state index in [1.165, 1.54) is 22.0 Å². The molecule has 0 saturated carbocycles. The monoisotopic (exact) mass is 489 g/mol. The van der Waals surface area contributed by atoms with E-state index in [-0.39, 0.29) is 10.8 Å². The van der Waals surface area contributed by atoms with Gasteiger partial charge in [-0.2, -0.15) is 0 Å². The summed E-state index contributed by atoms with van der Waals surface area (Å²) in [6.07, 6.45) is 4.27. The summed E-state index contributed by atoms with van der Waals surface area (Å²) < 4.78 is 27.7. The molecule has 1 saturated heterocycles. The second kappa shape index (κ2) is 11.3. The van der Waals surface area contributed by atoms with Crippen LogP contribution < -0.4 is 4.31 Å². The molecule has 0 atom stereocenters. The first-order valence-electron chi connectivity index (χ1n) is 11.9. The van der Waals surface area contributed by atoms with Crippen LogP contribution in [0.2, 0.25) is 0 Å². The number of piperazine rings is 1. The lowest BCUT2D eigenvalue weighted by molar-refractivity contribution is 0.0650. The number of para-hydroxylation sites is 1. The Hall–Kier alpha value is -3.42. The Morgan fingerprint density at radius 3 is 2.06 bits per heavy atom. The fourth-order valence-electron chi connectivity index (χ4n) is 4.20. The van der Waals surface area contributed by atoms with E-state index in [4.69, 9.17) is 0 Å². The number of benzene rings is 3. The van der Waals surface area contributed by atoms with Crippen LogP contribution in [0.1, 0.15) is 22.8 Å². The number of carbonyl (C=O) groups is 1. The summed E-state index contributed by atoms with van der Waals surface area (Å²) in [5, 5.41) is 0. The third-order valence-corrected chi connectivity index (χ3v) is 8.07. The summed E-state index contributed by atoms with van der Waals surface area (Å²) in [7, 11) is -3.71. The fourth-order valence-corrected chi connectivity index (χ4v) is 5.67. The predicted molar refractivity (Wildman–Crippen MR) is 141 cm³/mol. The molecule has 182 valence electrons. The summed E-state index contributed by atoms with van der Waals surface area (Å²) in [6, 6.07) is 25.5. The molecule has 0 aromatic heterocycles. The molecule has 0 unspecified atom stereocenters. The molecule has 7 heteroatoms. The van der Waals surface area contributed by atoms with Crippen LogP contribution >= 0.6 is 0 Å². The molecule has 0 N–H and O–H groups in total. The third kappa shape index (κ3) is 5.99. The van der Waals surface area contributed by atoms with Gasteiger partial charge in [-0.1, -0.05) is 60.7 Å². The van der Waals surface area contributed by atoms with Gasteiger partial charge < -0.3 is 4.90 Å². The lowest BCUT2D eigenvalue weighted by atomic mass is 10.2. The first kappa shape index (κ1) is 24.7. The van der Waals surface area contributed by atoms with Gasteiger partial charge in [0, 0.05) is 44.8 Å². The van der Waals surface area contributed by atoms with Crippen LogP contribution in [0.4, 0.5) is 5.69 Å². The predicted octanol–water partition coefficient (Wildman–Crippen LogP) is 4.37. The fraction of sp³-hybridized carbons (Fsp3) is 0.250. The molecule has 0 spiro atoms. The number of hydrogen-bond donors (Lipinski definition) is 0. The SMILES string of the molecule is CCN(c1ccccc1)S(=O)(=O)c1ccc(C(=O)N2CCN(CC=Cc3ccccc3)CC2)cc1. The molecule has 0 radical (unpaired) electrons. The van der Waals surface area contributed by atoms with Crippen LogP contribution in [0.15, 0.2) is 95.9 Å². The molecule has 3 aromatic carbocycles. The van der Waals surface area contributed by atoms with E-state index in [9.17, 15) is 13.2 Å². The van der Waals surface area contributed by atoms with Crippen LogP contribution in [0.25, 0.3) is 6.08 Å². The van der Waals surface area contributed by atoms with Crippen LogP contribution in [-0.4, -0.2) is 63.4 Å². The molecule has 1 aliphatic heterocycles. The Bertz CT molecular complexity index is 1240. The minimum absolute atomic E-state index is 0.0659. The van der Waals surface area contributed by atoms with E-state index < -0.39 is 10.0 Å². The molecule has 3 aromatic rings. The summed E-state index contributed by atoms with van der Waals surface area (Å²) in [5.74, 6) is -0.0659. The molecular formula is C28H31N3O3S. The standard InChI is InChI=1S/C28H31N3O3S/c1-2-31(26-13-7-4-8-14-26)35(33,34)27-17-15-25(16-18-27)28(32)30-22-20-29(21-23-30)19-9-12-24-10-5-3-6-11-24/h3-18H,2,19-23H2,1H3. The van der Waals surface area contributed by atoms with Crippen molar-refractivity contribution in [3.63, 3.8) is 0 Å². The Kier molecular flexibility index (Phi) is 8.00. The summed E-state index contributed by atoms with van der Waals surface area (Å²) in [5.41, 5.74) is 2.30. The smallest absolute Gasteiger partial charge is 0.264 e. The number of amides is 1. The number of sulfonamides is 1. The lowest BCUT2D eigenvalue weighted by Crippen LogP contribution is -2.48. The summed E-state index contributed by atoms with van der Waals surface area (Å²) in [6.45, 7) is 5.88. The Morgan fingerprint density at radius 1 is 0.857 bits per heavy atom. The number of nitrogens with zero attached hydrogens (tertiary/aromatic N) is 3. The summed E-state index contributed by atoms with van der Waals surface area (Å²) in [4.78, 5) is 17.3. The number of carbonyl (C=O) groups excluding carboxylic acids is 1. The van der Waals surface area contributed by atoms with Crippen LogP contribution in [0, 0.1) is 0 Å². The zero-order chi connectivity index (χ0) is 24.7. The minimum Gasteiger partial charge on any atom is -0.336 e. The van der Waals surface area contributed by atoms with Crippen molar-refractivity contribution in [3.8, 4) is 0 Å². The van der Waals surface area contributed by atoms with Crippen molar-refractivity contribution in [1.82, 2.24) is 9.80 Å². The normalized spacial score (nSPS) is 14.8. The highest BCUT2D eigenvalue weighted by molar-refractivity contribution is 7.92. The Morgan fingerprint density at radius 2 is 1.46 bits per heavy atom. The van der Waals surface area contributed by atoms with Gasteiger partial charge in [0.15, 0.2) is 0 Å². The molecule has 1 fully saturated rings. The van der Waals surface area contributed by atoms with E-state index >= 15 is 0 Å². The summed E-state index contributed by atoms with van der Waals surface area (Å²) >= 11 is 0. The van der Waals surface area contributed by atoms with Crippen molar-refractivity contribution in [2.75, 3.05) is 43.6 Å². The van der Waals surface area contributed by atoms with E-state index in [2.05, 4.69) is 29.2 Å². The van der Waals surface area contributed by atoms with Crippen molar-refractivity contribution < 1.29 is 13.2 Å². The van der Waals surface area contributed by atoms with Gasteiger partial charge in [0.05, 0.1) is 10.6 Å². The van der Waals surface area contributed by atoms with E-state index in [1.54, 1.807) is 31.2 Å². The second-order valence-electron chi connectivity index (χ2n) is 8.44. The zero-order valence-electron chi connectivity index (χ0n) is 20.0. The van der Waals surface area contributed by atoms with E-state index in [0.717, 1.165) is 19.6 Å². The first-order valence-corrected chi connectivity index (χ1v) is 13.3. The first-order chi connectivity index (χ1) is 17.0. The van der Waals surface area contributed by atoms with Crippen molar-refractivity contribution in [2.45, 2.75) is 11.8 Å². The van der Waals surface area contributed by atoms with Crippen molar-refractivity contribution in [3.05, 3.63) is 102 Å². The molecule has 4 rings (SSSR count). The van der Waals surface area contributed by atoms with Crippen LogP contribution in [0.5, 0.6) is 0 Å². The van der Waals surface area contributed by atoms with E-state index in [0.29, 0.717) is 30.9 Å². The third-order valence-electron chi connectivity index (χ3n) is 6.15. The maximum Gasteiger partial charge on any atom is 0.264 e. The van der Waals surface area contributed by atoms with Gasteiger partial charge >= 0.3 is 0 Å². The molecular weight excluding hydrogens is 458 g/mol. The highest BCUT2D eigenvalue weighted by Gasteiger charge is 2.25. The average Bonchev–Trinajstić information content (AvgIpc) is 2.90. The topological polar surface area (TPSA) is 60.9 Å². The molecule has 0 aliphatic carbocycles. The molecule has 0 bridgehead atoms. The molecule has 1 heterocycles. The van der Waals surface area contributed by atoms with Crippen LogP contribution in [-0.2, 0) is 10.0 Å². The maximum absolute atomic E-state index is 13.2. The number of hydrogen-bond acceptors (Lipinski definition) is 4. The van der Waals surface area contributed by atoms with Gasteiger partial charge in [0.2, 0.25) is 0 Å². The second-order valence-corrected chi connectivity index (χ2v) is 10.3. The van der Waals surface area contributed by atoms with Gasteiger partial charge in [-0.15, -0.1) is 0 Å². The van der Waals surface area contributed by atoms with Gasteiger partial charge in [0.25, 0.3) is 15.9 Å². The molecule has 6 nitrogen and oxygen atoms in total. The lowest BCUT2D eigenvalue weighted by Gasteiger charge is -2.34.